The second kappa shape index (κ2) is 12.0. The van der Waals surface area contributed by atoms with Gasteiger partial charge in [-0.1, -0.05) is 13.8 Å². The first kappa shape index (κ1) is 26.8. The quantitative estimate of drug-likeness (QED) is 0.196. The van der Waals surface area contributed by atoms with Gasteiger partial charge in [-0.15, -0.1) is 0 Å². The monoisotopic (exact) mass is 458 g/mol. The summed E-state index contributed by atoms with van der Waals surface area (Å²) in [7, 11) is 0. The van der Waals surface area contributed by atoms with Gasteiger partial charge < -0.3 is 36.6 Å². The molecule has 1 aliphatic rings. The van der Waals surface area contributed by atoms with Gasteiger partial charge in [-0.05, 0) is 25.2 Å². The van der Waals surface area contributed by atoms with Gasteiger partial charge in [0.25, 0.3) is 0 Å². The van der Waals surface area contributed by atoms with Gasteiger partial charge >= 0.3 is 17.9 Å². The zero-order valence-electron chi connectivity index (χ0n) is 17.9. The lowest BCUT2D eigenvalue weighted by Gasteiger charge is -2.29. The summed E-state index contributed by atoms with van der Waals surface area (Å²) >= 11 is 0. The van der Waals surface area contributed by atoms with Gasteiger partial charge in [0.15, 0.2) is 0 Å². The molecule has 0 radical (unpaired) electrons. The molecule has 180 valence electrons. The molecule has 0 spiro atoms. The van der Waals surface area contributed by atoms with Gasteiger partial charge in [0.05, 0.1) is 12.5 Å². The van der Waals surface area contributed by atoms with Gasteiger partial charge in [0.2, 0.25) is 17.7 Å². The van der Waals surface area contributed by atoms with Crippen LogP contribution in [0.2, 0.25) is 0 Å². The highest BCUT2D eigenvalue weighted by molar-refractivity contribution is 5.96. The lowest BCUT2D eigenvalue weighted by molar-refractivity contribution is -0.145. The molecule has 1 fully saturated rings. The molecule has 4 atom stereocenters. The number of hydrogen-bond donors (Lipinski definition) is 6. The standard InChI is InChI=1S/C19H30N4O9/c1-9(2)15(20)18(30)23-7-3-4-12(23)17(29)22-11(8-14(26)27)16(28)21-10(19(31)32)5-6-13(24)25/h9-12,15H,3-8,20H2,1-2H3,(H,21,28)(H,22,29)(H,24,25)(H,26,27)(H,31,32). The van der Waals surface area contributed by atoms with Crippen LogP contribution >= 0.6 is 0 Å². The van der Waals surface area contributed by atoms with Crippen molar-refractivity contribution < 1.29 is 44.1 Å². The molecule has 0 aromatic rings. The largest absolute Gasteiger partial charge is 0.481 e. The fourth-order valence-corrected chi connectivity index (χ4v) is 3.23. The average Bonchev–Trinajstić information content (AvgIpc) is 3.18. The topological polar surface area (TPSA) is 216 Å². The number of aliphatic carboxylic acids is 3. The second-order valence-corrected chi connectivity index (χ2v) is 7.95. The highest BCUT2D eigenvalue weighted by Gasteiger charge is 2.38. The van der Waals surface area contributed by atoms with E-state index >= 15 is 0 Å². The van der Waals surface area contributed by atoms with Gasteiger partial charge in [0.1, 0.15) is 18.1 Å². The van der Waals surface area contributed by atoms with Crippen LogP contribution in [0.4, 0.5) is 0 Å². The third-order valence-electron chi connectivity index (χ3n) is 5.12. The first-order valence-corrected chi connectivity index (χ1v) is 10.2. The Balaban J connectivity index is 2.93. The molecule has 13 heteroatoms. The van der Waals surface area contributed by atoms with Crippen molar-refractivity contribution in [2.75, 3.05) is 6.54 Å². The molecule has 4 unspecified atom stereocenters. The predicted octanol–water partition coefficient (Wildman–Crippen LogP) is -1.65. The number of nitrogens with one attached hydrogen (secondary N) is 2. The number of amides is 3. The summed E-state index contributed by atoms with van der Waals surface area (Å²) in [5.74, 6) is -6.66. The third-order valence-corrected chi connectivity index (χ3v) is 5.12. The van der Waals surface area contributed by atoms with E-state index in [0.29, 0.717) is 12.8 Å². The minimum absolute atomic E-state index is 0.170. The Morgan fingerprint density at radius 2 is 1.62 bits per heavy atom. The Bertz CT molecular complexity index is 755. The van der Waals surface area contributed by atoms with E-state index in [1.54, 1.807) is 13.8 Å². The molecule has 0 aromatic carbocycles. The highest BCUT2D eigenvalue weighted by Crippen LogP contribution is 2.20. The maximum absolute atomic E-state index is 12.8. The number of hydrogen-bond acceptors (Lipinski definition) is 7. The van der Waals surface area contributed by atoms with Gasteiger partial charge in [-0.2, -0.15) is 0 Å². The van der Waals surface area contributed by atoms with Crippen LogP contribution in [0.15, 0.2) is 0 Å². The van der Waals surface area contributed by atoms with E-state index in [9.17, 15) is 33.9 Å². The Hall–Kier alpha value is -3.22. The van der Waals surface area contributed by atoms with Crippen LogP contribution in [0.1, 0.15) is 46.0 Å². The normalized spacial score (nSPS) is 18.5. The van der Waals surface area contributed by atoms with Crippen molar-refractivity contribution >= 4 is 35.6 Å². The maximum Gasteiger partial charge on any atom is 0.326 e. The summed E-state index contributed by atoms with van der Waals surface area (Å²) < 4.78 is 0. The third kappa shape index (κ3) is 7.80. The van der Waals surface area contributed by atoms with Crippen molar-refractivity contribution in [3.05, 3.63) is 0 Å². The molecule has 3 amide bonds. The summed E-state index contributed by atoms with van der Waals surface area (Å²) in [5, 5.41) is 31.3. The van der Waals surface area contributed by atoms with E-state index in [1.807, 2.05) is 0 Å². The van der Waals surface area contributed by atoms with Crippen LogP contribution in [0.5, 0.6) is 0 Å². The molecule has 1 heterocycles. The van der Waals surface area contributed by atoms with Crippen LogP contribution in [0.25, 0.3) is 0 Å². The van der Waals surface area contributed by atoms with Crippen molar-refractivity contribution in [2.45, 2.75) is 70.1 Å². The smallest absolute Gasteiger partial charge is 0.326 e. The molecule has 0 saturated carbocycles. The van der Waals surface area contributed by atoms with Crippen molar-refractivity contribution in [3.8, 4) is 0 Å². The Morgan fingerprint density at radius 1 is 1.00 bits per heavy atom. The van der Waals surface area contributed by atoms with Crippen LogP contribution in [0.3, 0.4) is 0 Å². The number of likely N-dealkylation sites (tertiary alicyclic amines) is 1. The number of nitrogens with zero attached hydrogens (tertiary/aromatic N) is 1. The van der Waals surface area contributed by atoms with E-state index < -0.39 is 79.1 Å². The summed E-state index contributed by atoms with van der Waals surface area (Å²) in [6, 6.07) is -4.98. The minimum atomic E-state index is -1.62. The van der Waals surface area contributed by atoms with Gasteiger partial charge in [0, 0.05) is 13.0 Å². The van der Waals surface area contributed by atoms with Crippen molar-refractivity contribution in [1.29, 1.82) is 0 Å². The van der Waals surface area contributed by atoms with Crippen LogP contribution in [-0.2, 0) is 28.8 Å². The summed E-state index contributed by atoms with van der Waals surface area (Å²) in [6.07, 6.45) is -1.000. The number of rotatable bonds is 12. The molecular weight excluding hydrogens is 428 g/mol. The van der Waals surface area contributed by atoms with E-state index in [-0.39, 0.29) is 12.5 Å². The SMILES string of the molecule is CC(C)C(N)C(=O)N1CCCC1C(=O)NC(CC(=O)O)C(=O)NC(CCC(=O)O)C(=O)O. The summed E-state index contributed by atoms with van der Waals surface area (Å²) in [4.78, 5) is 72.3. The molecule has 1 rings (SSSR count). The summed E-state index contributed by atoms with van der Waals surface area (Å²) in [6.45, 7) is 3.79. The molecule has 1 saturated heterocycles. The van der Waals surface area contributed by atoms with Crippen LogP contribution < -0.4 is 16.4 Å². The first-order valence-electron chi connectivity index (χ1n) is 10.2. The lowest BCUT2D eigenvalue weighted by Crippen LogP contribution is -2.57. The van der Waals surface area contributed by atoms with E-state index in [4.69, 9.17) is 15.9 Å². The molecule has 7 N–H and O–H groups in total. The lowest BCUT2D eigenvalue weighted by atomic mass is 10.0. The number of carbonyl (C=O) groups is 6. The molecule has 0 bridgehead atoms. The van der Waals surface area contributed by atoms with Crippen molar-refractivity contribution in [2.24, 2.45) is 11.7 Å². The van der Waals surface area contributed by atoms with Crippen molar-refractivity contribution in [1.82, 2.24) is 15.5 Å². The molecule has 13 nitrogen and oxygen atoms in total. The minimum Gasteiger partial charge on any atom is -0.481 e. The van der Waals surface area contributed by atoms with Gasteiger partial charge in [-0.25, -0.2) is 4.79 Å². The van der Waals surface area contributed by atoms with Crippen LogP contribution in [-0.4, -0.2) is 86.6 Å². The van der Waals surface area contributed by atoms with Crippen LogP contribution in [0, 0.1) is 5.92 Å². The Kier molecular flexibility index (Phi) is 10.0. The Morgan fingerprint density at radius 3 is 2.12 bits per heavy atom. The zero-order valence-corrected chi connectivity index (χ0v) is 17.9. The second-order valence-electron chi connectivity index (χ2n) is 7.95. The maximum atomic E-state index is 12.8. The van der Waals surface area contributed by atoms with Gasteiger partial charge in [-0.3, -0.25) is 24.0 Å². The van der Waals surface area contributed by atoms with Crippen molar-refractivity contribution in [3.63, 3.8) is 0 Å². The first-order chi connectivity index (χ1) is 14.8. The number of nitrogens with two attached hydrogens (primary N) is 1. The Labute approximate surface area is 184 Å². The van der Waals surface area contributed by atoms with E-state index in [2.05, 4.69) is 10.6 Å². The summed E-state index contributed by atoms with van der Waals surface area (Å²) in [5.41, 5.74) is 5.89. The highest BCUT2D eigenvalue weighted by atomic mass is 16.4. The predicted molar refractivity (Wildman–Crippen MR) is 108 cm³/mol. The number of carboxylic acids is 3. The number of carbonyl (C=O) groups excluding carboxylic acids is 3. The molecule has 1 aliphatic heterocycles. The van der Waals surface area contributed by atoms with E-state index in [0.717, 1.165) is 0 Å². The zero-order chi connectivity index (χ0) is 24.6. The van der Waals surface area contributed by atoms with E-state index in [1.165, 1.54) is 4.90 Å². The molecular formula is C19H30N4O9. The average molecular weight is 458 g/mol. The molecule has 32 heavy (non-hydrogen) atoms. The fraction of sp³-hybridized carbons (Fsp3) is 0.684. The fourth-order valence-electron chi connectivity index (χ4n) is 3.23. The number of carboxylic acid groups (broad SMARTS) is 3. The molecule has 0 aromatic heterocycles. The molecule has 0 aliphatic carbocycles.